The molecule has 0 bridgehead atoms. The number of aromatic nitrogens is 1. The summed E-state index contributed by atoms with van der Waals surface area (Å²) in [6.07, 6.45) is 0.925. The number of ether oxygens (including phenoxy) is 1. The van der Waals surface area contributed by atoms with Gasteiger partial charge in [0, 0.05) is 43.3 Å². The summed E-state index contributed by atoms with van der Waals surface area (Å²) in [5.41, 5.74) is 0.715. The zero-order valence-corrected chi connectivity index (χ0v) is 20.1. The lowest BCUT2D eigenvalue weighted by Crippen LogP contribution is -2.59. The number of alkyl halides is 2. The molecular formula is C24H26F2N4O5S. The average molecular weight is 521 g/mol. The van der Waals surface area contributed by atoms with Crippen LogP contribution in [0.25, 0.3) is 0 Å². The maximum Gasteiger partial charge on any atom is 0.289 e. The van der Waals surface area contributed by atoms with E-state index < -0.39 is 47.4 Å². The summed E-state index contributed by atoms with van der Waals surface area (Å²) in [4.78, 5) is 56.8. The summed E-state index contributed by atoms with van der Waals surface area (Å²) in [6.45, 7) is 0.169. The van der Waals surface area contributed by atoms with E-state index in [0.717, 1.165) is 0 Å². The standard InChI is InChI=1S/C24H26F2N4O5S/c25-24(26)12-16(24)11-20(31)30-7-8-35-14-18(30)22(33)29-17(10-15-4-2-1-3-5-15)21(32)23(34)28-13-19-27-6-9-36-19/h1-6,9,16-18H,7-8,10-14H2,(H,28,34)(H,29,33)/t16?,17-,18-/m1/s1. The molecule has 2 aromatic rings. The maximum atomic E-state index is 13.3. The Bertz CT molecular complexity index is 1100. The van der Waals surface area contributed by atoms with E-state index in [2.05, 4.69) is 15.6 Å². The fourth-order valence-electron chi connectivity index (χ4n) is 4.01. The third-order valence-electron chi connectivity index (χ3n) is 6.15. The Kier molecular flexibility index (Phi) is 8.04. The monoisotopic (exact) mass is 520 g/mol. The Morgan fingerprint density at radius 2 is 1.97 bits per heavy atom. The molecule has 1 aromatic heterocycles. The molecule has 2 aliphatic rings. The molecule has 1 aromatic carbocycles. The summed E-state index contributed by atoms with van der Waals surface area (Å²) in [5, 5.41) is 7.47. The van der Waals surface area contributed by atoms with Crippen molar-refractivity contribution in [3.05, 3.63) is 52.5 Å². The highest BCUT2D eigenvalue weighted by molar-refractivity contribution is 7.09. The predicted octanol–water partition coefficient (Wildman–Crippen LogP) is 1.33. The van der Waals surface area contributed by atoms with Gasteiger partial charge in [0.25, 0.3) is 11.8 Å². The Balaban J connectivity index is 1.44. The molecule has 1 aliphatic heterocycles. The first-order chi connectivity index (χ1) is 17.2. The first kappa shape index (κ1) is 25.8. The number of amides is 3. The highest BCUT2D eigenvalue weighted by atomic mass is 32.1. The number of rotatable bonds is 10. The fraction of sp³-hybridized carbons (Fsp3) is 0.458. The van der Waals surface area contributed by atoms with E-state index in [1.54, 1.807) is 41.9 Å². The second-order valence-electron chi connectivity index (χ2n) is 8.77. The van der Waals surface area contributed by atoms with Crippen LogP contribution in [0.1, 0.15) is 23.4 Å². The van der Waals surface area contributed by atoms with E-state index in [-0.39, 0.29) is 45.6 Å². The second-order valence-corrected chi connectivity index (χ2v) is 9.75. The molecule has 1 saturated carbocycles. The molecule has 2 heterocycles. The van der Waals surface area contributed by atoms with Crippen molar-refractivity contribution in [1.82, 2.24) is 20.5 Å². The number of ketones is 1. The largest absolute Gasteiger partial charge is 0.377 e. The minimum Gasteiger partial charge on any atom is -0.377 e. The van der Waals surface area contributed by atoms with Crippen molar-refractivity contribution in [2.75, 3.05) is 19.8 Å². The SMILES string of the molecule is O=C(NCc1nccs1)C(=O)[C@@H](Cc1ccccc1)NC(=O)[C@H]1COCCN1C(=O)CC1CC1(F)F. The normalized spacial score (nSPS) is 21.3. The van der Waals surface area contributed by atoms with Crippen LogP contribution < -0.4 is 10.6 Å². The minimum absolute atomic E-state index is 0.0475. The lowest BCUT2D eigenvalue weighted by Gasteiger charge is -2.35. The molecule has 3 amide bonds. The molecule has 1 saturated heterocycles. The number of halogens is 2. The quantitative estimate of drug-likeness (QED) is 0.457. The molecule has 12 heteroatoms. The van der Waals surface area contributed by atoms with Crippen LogP contribution in [-0.2, 0) is 36.9 Å². The number of nitrogens with one attached hydrogen (secondary N) is 2. The van der Waals surface area contributed by atoms with Crippen molar-refractivity contribution >= 4 is 34.8 Å². The van der Waals surface area contributed by atoms with E-state index in [9.17, 15) is 28.0 Å². The molecule has 0 spiro atoms. The van der Waals surface area contributed by atoms with Gasteiger partial charge in [-0.15, -0.1) is 11.3 Å². The molecule has 1 unspecified atom stereocenters. The van der Waals surface area contributed by atoms with E-state index in [1.807, 2.05) is 0 Å². The number of hydrogen-bond donors (Lipinski definition) is 2. The van der Waals surface area contributed by atoms with Crippen molar-refractivity contribution < 1.29 is 32.7 Å². The van der Waals surface area contributed by atoms with Gasteiger partial charge in [-0.25, -0.2) is 13.8 Å². The van der Waals surface area contributed by atoms with Crippen LogP contribution in [0.4, 0.5) is 8.78 Å². The summed E-state index contributed by atoms with van der Waals surface area (Å²) in [5.74, 6) is -6.85. The average Bonchev–Trinajstić information content (AvgIpc) is 3.23. The van der Waals surface area contributed by atoms with Gasteiger partial charge < -0.3 is 20.3 Å². The highest BCUT2D eigenvalue weighted by Gasteiger charge is 2.57. The molecule has 9 nitrogen and oxygen atoms in total. The van der Waals surface area contributed by atoms with Crippen molar-refractivity contribution in [3.8, 4) is 0 Å². The first-order valence-electron chi connectivity index (χ1n) is 11.5. The van der Waals surface area contributed by atoms with Gasteiger partial charge >= 0.3 is 0 Å². The van der Waals surface area contributed by atoms with E-state index in [4.69, 9.17) is 4.74 Å². The van der Waals surface area contributed by atoms with Crippen LogP contribution in [0.5, 0.6) is 0 Å². The zero-order chi connectivity index (χ0) is 25.7. The molecule has 1 aliphatic carbocycles. The zero-order valence-electron chi connectivity index (χ0n) is 19.3. The van der Waals surface area contributed by atoms with E-state index >= 15 is 0 Å². The van der Waals surface area contributed by atoms with E-state index in [1.165, 1.54) is 16.2 Å². The van der Waals surface area contributed by atoms with Gasteiger partial charge in [-0.05, 0) is 5.56 Å². The molecule has 3 atom stereocenters. The van der Waals surface area contributed by atoms with Gasteiger partial charge in [0.15, 0.2) is 0 Å². The van der Waals surface area contributed by atoms with Gasteiger partial charge in [0.1, 0.15) is 17.1 Å². The smallest absolute Gasteiger partial charge is 0.289 e. The van der Waals surface area contributed by atoms with Gasteiger partial charge in [-0.3, -0.25) is 19.2 Å². The van der Waals surface area contributed by atoms with Crippen LogP contribution in [-0.4, -0.2) is 71.2 Å². The second kappa shape index (κ2) is 11.2. The summed E-state index contributed by atoms with van der Waals surface area (Å²) in [7, 11) is 0. The lowest BCUT2D eigenvalue weighted by molar-refractivity contribution is -0.150. The number of carbonyl (C=O) groups excluding carboxylic acids is 4. The first-order valence-corrected chi connectivity index (χ1v) is 12.4. The maximum absolute atomic E-state index is 13.3. The number of morpholine rings is 1. The van der Waals surface area contributed by atoms with Crippen LogP contribution in [0.15, 0.2) is 41.9 Å². The number of Topliss-reactive ketones (excluding diaryl/α,β-unsaturated/α-hetero) is 1. The van der Waals surface area contributed by atoms with Crippen LogP contribution >= 0.6 is 11.3 Å². The number of carbonyl (C=O) groups is 4. The van der Waals surface area contributed by atoms with Crippen LogP contribution in [0.3, 0.4) is 0 Å². The molecule has 36 heavy (non-hydrogen) atoms. The Labute approximate surface area is 210 Å². The van der Waals surface area contributed by atoms with Crippen LogP contribution in [0.2, 0.25) is 0 Å². The summed E-state index contributed by atoms with van der Waals surface area (Å²) in [6, 6.07) is 6.55. The number of nitrogens with zero attached hydrogens (tertiary/aromatic N) is 2. The van der Waals surface area contributed by atoms with Crippen molar-refractivity contribution in [1.29, 1.82) is 0 Å². The van der Waals surface area contributed by atoms with Gasteiger partial charge in [-0.2, -0.15) is 0 Å². The fourth-order valence-corrected chi connectivity index (χ4v) is 4.56. The number of hydrogen-bond acceptors (Lipinski definition) is 7. The molecule has 4 rings (SSSR count). The lowest BCUT2D eigenvalue weighted by atomic mass is 10.0. The summed E-state index contributed by atoms with van der Waals surface area (Å²) >= 11 is 1.32. The van der Waals surface area contributed by atoms with Crippen molar-refractivity contribution in [3.63, 3.8) is 0 Å². The Morgan fingerprint density at radius 3 is 2.64 bits per heavy atom. The highest BCUT2D eigenvalue weighted by Crippen LogP contribution is 2.50. The molecule has 0 radical (unpaired) electrons. The molecule has 2 fully saturated rings. The number of thiazole rings is 1. The third-order valence-corrected chi connectivity index (χ3v) is 6.93. The van der Waals surface area contributed by atoms with Crippen molar-refractivity contribution in [2.24, 2.45) is 5.92 Å². The molecule has 192 valence electrons. The Morgan fingerprint density at radius 1 is 1.22 bits per heavy atom. The van der Waals surface area contributed by atoms with Gasteiger partial charge in [0.2, 0.25) is 17.6 Å². The van der Waals surface area contributed by atoms with Gasteiger partial charge in [0.05, 0.1) is 19.8 Å². The number of benzene rings is 1. The van der Waals surface area contributed by atoms with Crippen LogP contribution in [0, 0.1) is 5.92 Å². The van der Waals surface area contributed by atoms with Gasteiger partial charge in [-0.1, -0.05) is 30.3 Å². The van der Waals surface area contributed by atoms with E-state index in [0.29, 0.717) is 10.6 Å². The summed E-state index contributed by atoms with van der Waals surface area (Å²) < 4.78 is 32.0. The minimum atomic E-state index is -2.85. The predicted molar refractivity (Wildman–Crippen MR) is 125 cm³/mol. The van der Waals surface area contributed by atoms with Crippen molar-refractivity contribution in [2.45, 2.75) is 43.8 Å². The molecular weight excluding hydrogens is 494 g/mol. The molecule has 2 N–H and O–H groups in total. The third kappa shape index (κ3) is 6.49. The Hall–Kier alpha value is -3.25. The topological polar surface area (TPSA) is 118 Å².